The van der Waals surface area contributed by atoms with Crippen LogP contribution in [-0.2, 0) is 6.54 Å². The van der Waals surface area contributed by atoms with Crippen molar-refractivity contribution in [3.8, 4) is 5.75 Å². The fraction of sp³-hybridized carbons (Fsp3) is 0.647. The van der Waals surface area contributed by atoms with Gasteiger partial charge in [0.2, 0.25) is 0 Å². The highest BCUT2D eigenvalue weighted by molar-refractivity contribution is 5.28. The molecule has 0 saturated carbocycles. The largest absolute Gasteiger partial charge is 0.497 e. The summed E-state index contributed by atoms with van der Waals surface area (Å²) in [4.78, 5) is 2.57. The molecule has 0 spiro atoms. The normalized spacial score (nSPS) is 19.7. The molecular weight excluding hydrogens is 267 g/mol. The van der Waals surface area contributed by atoms with Crippen LogP contribution < -0.4 is 10.1 Å². The van der Waals surface area contributed by atoms with Crippen LogP contribution in [-0.4, -0.2) is 37.7 Å². The van der Waals surface area contributed by atoms with E-state index >= 15 is 0 Å². The third kappa shape index (κ3) is 4.97. The monoisotopic (exact) mass is 294 g/mol. The van der Waals surface area contributed by atoms with E-state index in [1.165, 1.54) is 31.9 Å². The molecule has 1 saturated heterocycles. The summed E-state index contributed by atoms with van der Waals surface area (Å²) in [6.07, 6.45) is 5.13. The van der Waals surface area contributed by atoms with Crippen molar-refractivity contribution in [2.75, 3.05) is 26.7 Å². The molecular formula is C17H27FN2O. The number of likely N-dealkylation sites (tertiary alicyclic amines) is 1. The third-order valence-corrected chi connectivity index (χ3v) is 4.32. The SMILES string of the molecule is COc1ccc(CNCCCN2CCCCC2C)c(F)c1. The van der Waals surface area contributed by atoms with E-state index < -0.39 is 0 Å². The van der Waals surface area contributed by atoms with Gasteiger partial charge in [-0.25, -0.2) is 4.39 Å². The van der Waals surface area contributed by atoms with Crippen LogP contribution in [0.5, 0.6) is 5.75 Å². The van der Waals surface area contributed by atoms with Gasteiger partial charge in [0.05, 0.1) is 7.11 Å². The number of piperidine rings is 1. The van der Waals surface area contributed by atoms with E-state index in [2.05, 4.69) is 17.1 Å². The number of benzene rings is 1. The summed E-state index contributed by atoms with van der Waals surface area (Å²) in [6.45, 7) is 6.19. The first kappa shape index (κ1) is 16.2. The van der Waals surface area contributed by atoms with E-state index in [0.717, 1.165) is 25.6 Å². The highest BCUT2D eigenvalue weighted by Gasteiger charge is 2.16. The quantitative estimate of drug-likeness (QED) is 0.782. The molecule has 1 unspecified atom stereocenters. The molecule has 1 heterocycles. The van der Waals surface area contributed by atoms with E-state index in [1.807, 2.05) is 0 Å². The van der Waals surface area contributed by atoms with Crippen molar-refractivity contribution in [2.45, 2.75) is 45.2 Å². The zero-order chi connectivity index (χ0) is 15.1. The lowest BCUT2D eigenvalue weighted by molar-refractivity contribution is 0.159. The highest BCUT2D eigenvalue weighted by atomic mass is 19.1. The van der Waals surface area contributed by atoms with Crippen molar-refractivity contribution in [3.63, 3.8) is 0 Å². The Hall–Kier alpha value is -1.13. The minimum atomic E-state index is -0.202. The molecule has 0 aromatic heterocycles. The minimum absolute atomic E-state index is 0.202. The number of halogens is 1. The van der Waals surface area contributed by atoms with Crippen LogP contribution >= 0.6 is 0 Å². The Labute approximate surface area is 127 Å². The molecule has 1 aromatic carbocycles. The van der Waals surface area contributed by atoms with Gasteiger partial charge in [-0.1, -0.05) is 12.5 Å². The molecule has 118 valence electrons. The molecule has 1 aliphatic rings. The van der Waals surface area contributed by atoms with Crippen LogP contribution in [0.15, 0.2) is 18.2 Å². The first-order valence-electron chi connectivity index (χ1n) is 7.98. The third-order valence-electron chi connectivity index (χ3n) is 4.32. The molecule has 0 amide bonds. The van der Waals surface area contributed by atoms with E-state index in [0.29, 0.717) is 17.9 Å². The highest BCUT2D eigenvalue weighted by Crippen LogP contribution is 2.17. The number of hydrogen-bond donors (Lipinski definition) is 1. The molecule has 1 N–H and O–H groups in total. The summed E-state index contributed by atoms with van der Waals surface area (Å²) >= 11 is 0. The number of nitrogens with zero attached hydrogens (tertiary/aromatic N) is 1. The van der Waals surface area contributed by atoms with Crippen molar-refractivity contribution in [1.82, 2.24) is 10.2 Å². The number of hydrogen-bond acceptors (Lipinski definition) is 3. The van der Waals surface area contributed by atoms with Gasteiger partial charge in [0.1, 0.15) is 11.6 Å². The van der Waals surface area contributed by atoms with Crippen LogP contribution in [0.4, 0.5) is 4.39 Å². The fourth-order valence-electron chi connectivity index (χ4n) is 2.92. The van der Waals surface area contributed by atoms with Crippen LogP contribution in [0.25, 0.3) is 0 Å². The van der Waals surface area contributed by atoms with Crippen LogP contribution in [0, 0.1) is 5.82 Å². The van der Waals surface area contributed by atoms with E-state index in [-0.39, 0.29) is 5.82 Å². The molecule has 1 atom stereocenters. The molecule has 0 radical (unpaired) electrons. The van der Waals surface area contributed by atoms with Crippen LogP contribution in [0.3, 0.4) is 0 Å². The fourth-order valence-corrected chi connectivity index (χ4v) is 2.92. The summed E-state index contributed by atoms with van der Waals surface area (Å²) in [5.74, 6) is 0.363. The minimum Gasteiger partial charge on any atom is -0.497 e. The van der Waals surface area contributed by atoms with Crippen LogP contribution in [0.2, 0.25) is 0 Å². The zero-order valence-electron chi connectivity index (χ0n) is 13.2. The van der Waals surface area contributed by atoms with Crippen molar-refractivity contribution >= 4 is 0 Å². The molecule has 0 bridgehead atoms. The second-order valence-electron chi connectivity index (χ2n) is 5.87. The Bertz CT molecular complexity index is 439. The summed E-state index contributed by atoms with van der Waals surface area (Å²) in [7, 11) is 1.55. The van der Waals surface area contributed by atoms with E-state index in [9.17, 15) is 4.39 Å². The van der Waals surface area contributed by atoms with Gasteiger partial charge in [0, 0.05) is 24.2 Å². The second kappa shape index (κ2) is 8.35. The Morgan fingerprint density at radius 2 is 2.24 bits per heavy atom. The van der Waals surface area contributed by atoms with Crippen LogP contribution in [0.1, 0.15) is 38.2 Å². The van der Waals surface area contributed by atoms with Crippen molar-refractivity contribution in [1.29, 1.82) is 0 Å². The molecule has 4 heteroatoms. The van der Waals surface area contributed by atoms with Gasteiger partial charge in [-0.15, -0.1) is 0 Å². The lowest BCUT2D eigenvalue weighted by Crippen LogP contribution is -2.38. The van der Waals surface area contributed by atoms with Gasteiger partial charge in [0.15, 0.2) is 0 Å². The standard InChI is InChI=1S/C17H27FN2O/c1-14-6-3-4-10-20(14)11-5-9-19-13-15-7-8-16(21-2)12-17(15)18/h7-8,12,14,19H,3-6,9-11,13H2,1-2H3. The molecule has 1 fully saturated rings. The van der Waals surface area contributed by atoms with E-state index in [1.54, 1.807) is 19.2 Å². The predicted molar refractivity (Wildman–Crippen MR) is 84.2 cm³/mol. The van der Waals surface area contributed by atoms with Crippen molar-refractivity contribution in [3.05, 3.63) is 29.6 Å². The Morgan fingerprint density at radius 1 is 1.38 bits per heavy atom. The number of methoxy groups -OCH3 is 1. The first-order chi connectivity index (χ1) is 10.2. The van der Waals surface area contributed by atoms with Gasteiger partial charge >= 0.3 is 0 Å². The lowest BCUT2D eigenvalue weighted by atomic mass is 10.0. The zero-order valence-corrected chi connectivity index (χ0v) is 13.2. The first-order valence-corrected chi connectivity index (χ1v) is 7.98. The Balaban J connectivity index is 1.65. The summed E-state index contributed by atoms with van der Waals surface area (Å²) in [6, 6.07) is 5.74. The Morgan fingerprint density at radius 3 is 2.95 bits per heavy atom. The average Bonchev–Trinajstić information content (AvgIpc) is 2.50. The van der Waals surface area contributed by atoms with Crippen molar-refractivity contribution in [2.24, 2.45) is 0 Å². The van der Waals surface area contributed by atoms with E-state index in [4.69, 9.17) is 4.74 Å². The molecule has 3 nitrogen and oxygen atoms in total. The predicted octanol–water partition coefficient (Wildman–Crippen LogP) is 3.19. The number of rotatable bonds is 7. The second-order valence-corrected chi connectivity index (χ2v) is 5.87. The molecule has 21 heavy (non-hydrogen) atoms. The van der Waals surface area contributed by atoms with Gasteiger partial charge in [0.25, 0.3) is 0 Å². The average molecular weight is 294 g/mol. The summed E-state index contributed by atoms with van der Waals surface area (Å²) in [5.41, 5.74) is 0.696. The lowest BCUT2D eigenvalue weighted by Gasteiger charge is -2.33. The summed E-state index contributed by atoms with van der Waals surface area (Å²) < 4.78 is 18.8. The molecule has 2 rings (SSSR count). The molecule has 1 aromatic rings. The topological polar surface area (TPSA) is 24.5 Å². The van der Waals surface area contributed by atoms with Gasteiger partial charge < -0.3 is 15.0 Å². The maximum absolute atomic E-state index is 13.8. The number of nitrogens with one attached hydrogen (secondary N) is 1. The molecule has 0 aliphatic carbocycles. The van der Waals surface area contributed by atoms with Gasteiger partial charge in [-0.2, -0.15) is 0 Å². The summed E-state index contributed by atoms with van der Waals surface area (Å²) in [5, 5.41) is 3.33. The Kier molecular flexibility index (Phi) is 6.46. The maximum Gasteiger partial charge on any atom is 0.131 e. The molecule has 1 aliphatic heterocycles. The smallest absolute Gasteiger partial charge is 0.131 e. The van der Waals surface area contributed by atoms with Gasteiger partial charge in [-0.3, -0.25) is 0 Å². The number of ether oxygens (including phenoxy) is 1. The van der Waals surface area contributed by atoms with Crippen molar-refractivity contribution < 1.29 is 9.13 Å². The maximum atomic E-state index is 13.8. The van der Waals surface area contributed by atoms with Gasteiger partial charge in [-0.05, 0) is 51.9 Å².